The number of aromatic nitrogens is 2. The van der Waals surface area contributed by atoms with Crippen molar-refractivity contribution < 1.29 is 27.4 Å². The van der Waals surface area contributed by atoms with Gasteiger partial charge in [-0.15, -0.1) is 0 Å². The minimum absolute atomic E-state index is 0.0882. The third kappa shape index (κ3) is 6.04. The van der Waals surface area contributed by atoms with Crippen molar-refractivity contribution in [1.82, 2.24) is 9.78 Å². The van der Waals surface area contributed by atoms with E-state index in [1.807, 2.05) is 54.6 Å². The standard InChI is InChI=1S/C32H28F3N3O3/c1-31(2,30(39)40-3)41-25-17-15-23(16-18-25)36-24-12-7-11-22(19-24)29-26-13-8-14-27(32(33,34)35)28(26)37-38(29)20-21-9-5-4-6-10-21/h4-19,36H,20H2,1-3H3. The number of carbonyl (C=O) groups is 1. The summed E-state index contributed by atoms with van der Waals surface area (Å²) in [6.45, 7) is 3.56. The van der Waals surface area contributed by atoms with E-state index in [0.29, 0.717) is 28.9 Å². The lowest BCUT2D eigenvalue weighted by Gasteiger charge is -2.23. The Morgan fingerprint density at radius 3 is 2.27 bits per heavy atom. The highest BCUT2D eigenvalue weighted by Crippen LogP contribution is 2.39. The molecule has 0 radical (unpaired) electrons. The molecule has 9 heteroatoms. The fraction of sp³-hybridized carbons (Fsp3) is 0.188. The number of carbonyl (C=O) groups excluding carboxylic acids is 1. The number of ether oxygens (including phenoxy) is 2. The van der Waals surface area contributed by atoms with E-state index in [-0.39, 0.29) is 5.52 Å². The molecule has 0 saturated carbocycles. The second kappa shape index (κ2) is 11.0. The van der Waals surface area contributed by atoms with Crippen LogP contribution in [-0.2, 0) is 22.3 Å². The largest absolute Gasteiger partial charge is 0.476 e. The lowest BCUT2D eigenvalue weighted by molar-refractivity contribution is -0.156. The van der Waals surface area contributed by atoms with Crippen LogP contribution < -0.4 is 10.1 Å². The number of hydrogen-bond acceptors (Lipinski definition) is 5. The van der Waals surface area contributed by atoms with Gasteiger partial charge >= 0.3 is 12.1 Å². The normalized spacial score (nSPS) is 11.9. The van der Waals surface area contributed by atoms with Gasteiger partial charge in [0.25, 0.3) is 0 Å². The molecular formula is C32H28F3N3O3. The number of nitrogens with zero attached hydrogens (tertiary/aromatic N) is 2. The quantitative estimate of drug-likeness (QED) is 0.196. The predicted molar refractivity (Wildman–Crippen MR) is 152 cm³/mol. The number of methoxy groups -OCH3 is 1. The SMILES string of the molecule is COC(=O)C(C)(C)Oc1ccc(Nc2cccc(-c3c4cccc(C(F)(F)F)c4nn3Cc3ccccc3)c2)cc1. The summed E-state index contributed by atoms with van der Waals surface area (Å²) in [6.07, 6.45) is -4.53. The number of nitrogens with one attached hydrogen (secondary N) is 1. The topological polar surface area (TPSA) is 65.4 Å². The van der Waals surface area contributed by atoms with Crippen molar-refractivity contribution in [3.8, 4) is 17.0 Å². The van der Waals surface area contributed by atoms with Crippen LogP contribution in [-0.4, -0.2) is 28.5 Å². The Morgan fingerprint density at radius 2 is 1.59 bits per heavy atom. The number of hydrogen-bond donors (Lipinski definition) is 1. The number of rotatable bonds is 8. The highest BCUT2D eigenvalue weighted by molar-refractivity contribution is 5.96. The van der Waals surface area contributed by atoms with E-state index in [4.69, 9.17) is 9.47 Å². The lowest BCUT2D eigenvalue weighted by atomic mass is 10.0. The van der Waals surface area contributed by atoms with Crippen molar-refractivity contribution in [2.24, 2.45) is 0 Å². The molecule has 0 bridgehead atoms. The minimum Gasteiger partial charge on any atom is -0.476 e. The Morgan fingerprint density at radius 1 is 0.878 bits per heavy atom. The maximum atomic E-state index is 13.9. The maximum absolute atomic E-state index is 13.9. The molecule has 0 aliphatic carbocycles. The van der Waals surface area contributed by atoms with Crippen LogP contribution in [0.2, 0.25) is 0 Å². The molecule has 210 valence electrons. The Kier molecular flexibility index (Phi) is 7.45. The molecule has 6 nitrogen and oxygen atoms in total. The van der Waals surface area contributed by atoms with Crippen LogP contribution in [0.5, 0.6) is 5.75 Å². The van der Waals surface area contributed by atoms with Gasteiger partial charge in [-0.2, -0.15) is 18.3 Å². The van der Waals surface area contributed by atoms with Gasteiger partial charge in [0.15, 0.2) is 5.60 Å². The van der Waals surface area contributed by atoms with Crippen molar-refractivity contribution in [1.29, 1.82) is 0 Å². The van der Waals surface area contributed by atoms with Gasteiger partial charge < -0.3 is 14.8 Å². The Labute approximate surface area is 235 Å². The van der Waals surface area contributed by atoms with E-state index in [1.165, 1.54) is 13.2 Å². The summed E-state index contributed by atoms with van der Waals surface area (Å²) in [5.74, 6) is 0.00866. The molecule has 0 spiro atoms. The van der Waals surface area contributed by atoms with Crippen molar-refractivity contribution in [3.63, 3.8) is 0 Å². The van der Waals surface area contributed by atoms with E-state index in [9.17, 15) is 18.0 Å². The Balaban J connectivity index is 1.49. The molecule has 1 heterocycles. The first-order chi connectivity index (χ1) is 19.5. The molecule has 4 aromatic carbocycles. The summed E-state index contributed by atoms with van der Waals surface area (Å²) in [6, 6.07) is 28.2. The van der Waals surface area contributed by atoms with E-state index in [1.54, 1.807) is 48.9 Å². The zero-order valence-electron chi connectivity index (χ0n) is 22.7. The zero-order chi connectivity index (χ0) is 29.2. The second-order valence-electron chi connectivity index (χ2n) is 10.0. The molecular weight excluding hydrogens is 531 g/mol. The molecule has 1 N–H and O–H groups in total. The zero-order valence-corrected chi connectivity index (χ0v) is 22.7. The fourth-order valence-corrected chi connectivity index (χ4v) is 4.66. The second-order valence-corrected chi connectivity index (χ2v) is 10.0. The van der Waals surface area contributed by atoms with Gasteiger partial charge in [-0.3, -0.25) is 4.68 Å². The fourth-order valence-electron chi connectivity index (χ4n) is 4.66. The lowest BCUT2D eigenvalue weighted by Crippen LogP contribution is -2.39. The highest BCUT2D eigenvalue weighted by Gasteiger charge is 2.34. The van der Waals surface area contributed by atoms with Gasteiger partial charge in [0, 0.05) is 22.3 Å². The van der Waals surface area contributed by atoms with Crippen LogP contribution in [0.1, 0.15) is 25.0 Å². The van der Waals surface area contributed by atoms with Crippen molar-refractivity contribution in [3.05, 3.63) is 108 Å². The Hall–Kier alpha value is -4.79. The van der Waals surface area contributed by atoms with E-state index in [0.717, 1.165) is 23.0 Å². The minimum atomic E-state index is -4.53. The molecule has 0 aliphatic heterocycles. The van der Waals surface area contributed by atoms with Gasteiger partial charge in [0.05, 0.1) is 24.9 Å². The third-order valence-corrected chi connectivity index (χ3v) is 6.58. The van der Waals surface area contributed by atoms with Crippen molar-refractivity contribution in [2.45, 2.75) is 32.2 Å². The van der Waals surface area contributed by atoms with Gasteiger partial charge in [0.1, 0.15) is 11.3 Å². The summed E-state index contributed by atoms with van der Waals surface area (Å²) in [7, 11) is 1.31. The molecule has 0 unspecified atom stereocenters. The Bertz CT molecular complexity index is 1680. The first-order valence-electron chi connectivity index (χ1n) is 12.9. The average molecular weight is 560 g/mol. The maximum Gasteiger partial charge on any atom is 0.418 e. The van der Waals surface area contributed by atoms with Crippen molar-refractivity contribution >= 4 is 28.2 Å². The van der Waals surface area contributed by atoms with Gasteiger partial charge in [-0.05, 0) is 61.9 Å². The predicted octanol–water partition coefficient (Wildman–Crippen LogP) is 7.84. The molecule has 0 aliphatic rings. The van der Waals surface area contributed by atoms with E-state index in [2.05, 4.69) is 10.4 Å². The van der Waals surface area contributed by atoms with Gasteiger partial charge in [0.2, 0.25) is 0 Å². The van der Waals surface area contributed by atoms with Crippen molar-refractivity contribution in [2.75, 3.05) is 12.4 Å². The molecule has 41 heavy (non-hydrogen) atoms. The summed E-state index contributed by atoms with van der Waals surface area (Å²) in [5.41, 5.74) is 1.72. The van der Waals surface area contributed by atoms with Crippen LogP contribution in [0, 0.1) is 0 Å². The van der Waals surface area contributed by atoms with Crippen LogP contribution in [0.4, 0.5) is 24.5 Å². The molecule has 0 atom stereocenters. The number of halogens is 3. The first kappa shape index (κ1) is 27.8. The summed E-state index contributed by atoms with van der Waals surface area (Å²) >= 11 is 0. The molecule has 1 aromatic heterocycles. The molecule has 5 rings (SSSR count). The van der Waals surface area contributed by atoms with E-state index < -0.39 is 23.3 Å². The van der Waals surface area contributed by atoms with Crippen LogP contribution >= 0.6 is 0 Å². The van der Waals surface area contributed by atoms with Gasteiger partial charge in [-0.1, -0.05) is 54.6 Å². The monoisotopic (exact) mass is 559 g/mol. The number of anilines is 2. The smallest absolute Gasteiger partial charge is 0.418 e. The highest BCUT2D eigenvalue weighted by atomic mass is 19.4. The molecule has 5 aromatic rings. The number of alkyl halides is 3. The van der Waals surface area contributed by atoms with Gasteiger partial charge in [-0.25, -0.2) is 4.79 Å². The van der Waals surface area contributed by atoms with Crippen LogP contribution in [0.15, 0.2) is 97.1 Å². The third-order valence-electron chi connectivity index (χ3n) is 6.58. The number of fused-ring (bicyclic) bond motifs is 1. The summed E-state index contributed by atoms with van der Waals surface area (Å²) in [5, 5.41) is 8.20. The summed E-state index contributed by atoms with van der Waals surface area (Å²) < 4.78 is 53.8. The number of benzene rings is 4. The average Bonchev–Trinajstić information content (AvgIpc) is 3.31. The molecule has 0 amide bonds. The first-order valence-corrected chi connectivity index (χ1v) is 12.9. The molecule has 0 fully saturated rings. The van der Waals surface area contributed by atoms with E-state index >= 15 is 0 Å². The summed E-state index contributed by atoms with van der Waals surface area (Å²) in [4.78, 5) is 11.9. The molecule has 0 saturated heterocycles. The number of esters is 1. The van der Waals surface area contributed by atoms with Crippen LogP contribution in [0.25, 0.3) is 22.2 Å². The van der Waals surface area contributed by atoms with Crippen LogP contribution in [0.3, 0.4) is 0 Å².